The van der Waals surface area contributed by atoms with Gasteiger partial charge in [-0.3, -0.25) is 19.2 Å². The maximum absolute atomic E-state index is 11.3. The molecule has 0 saturated carbocycles. The zero-order valence-electron chi connectivity index (χ0n) is 20.1. The van der Waals surface area contributed by atoms with Crippen LogP contribution in [0.2, 0.25) is 0 Å². The van der Waals surface area contributed by atoms with Crippen LogP contribution in [-0.2, 0) is 19.2 Å². The quantitative estimate of drug-likeness (QED) is 0.321. The van der Waals surface area contributed by atoms with Gasteiger partial charge in [-0.2, -0.15) is 10.5 Å². The number of methoxy groups -OCH3 is 2. The number of nitrogens with two attached hydrogens (primary N) is 2. The van der Waals surface area contributed by atoms with Gasteiger partial charge in [0, 0.05) is 11.1 Å². The molecule has 0 atom stereocenters. The Morgan fingerprint density at radius 1 is 0.722 bits per heavy atom. The van der Waals surface area contributed by atoms with Gasteiger partial charge in [0.2, 0.25) is 0 Å². The smallest absolute Gasteiger partial charge is 0.252 e. The predicted octanol–water partition coefficient (Wildman–Crippen LogP) is 2.05. The molecule has 2 aromatic carbocycles. The van der Waals surface area contributed by atoms with Gasteiger partial charge >= 0.3 is 0 Å². The summed E-state index contributed by atoms with van der Waals surface area (Å²) in [4.78, 5) is 44.7. The summed E-state index contributed by atoms with van der Waals surface area (Å²) >= 11 is 0. The minimum absolute atomic E-state index is 0.113. The number of nitriles is 2. The summed E-state index contributed by atoms with van der Waals surface area (Å²) in [6.07, 6.45) is 2.70. The van der Waals surface area contributed by atoms with Crippen molar-refractivity contribution in [1.82, 2.24) is 0 Å². The molecule has 2 rings (SSSR count). The molecule has 0 fully saturated rings. The van der Waals surface area contributed by atoms with E-state index < -0.39 is 23.4 Å². The van der Waals surface area contributed by atoms with Crippen molar-refractivity contribution in [2.45, 2.75) is 13.8 Å². The molecule has 0 radical (unpaired) electrons. The number of carbonyl (C=O) groups excluding carboxylic acids is 4. The summed E-state index contributed by atoms with van der Waals surface area (Å²) in [7, 11) is 2.87. The lowest BCUT2D eigenvalue weighted by atomic mass is 10.0. The van der Waals surface area contributed by atoms with Crippen LogP contribution >= 0.6 is 0 Å². The van der Waals surface area contributed by atoms with E-state index in [0.717, 1.165) is 0 Å². The first-order valence-electron chi connectivity index (χ1n) is 10.2. The molecule has 0 unspecified atom stereocenters. The van der Waals surface area contributed by atoms with Crippen molar-refractivity contribution in [3.05, 3.63) is 69.8 Å². The van der Waals surface area contributed by atoms with Crippen molar-refractivity contribution in [3.63, 3.8) is 0 Å². The van der Waals surface area contributed by atoms with Crippen LogP contribution in [0.25, 0.3) is 12.2 Å². The molecule has 2 aromatic rings. The van der Waals surface area contributed by atoms with Crippen LogP contribution < -0.4 is 20.9 Å². The largest absolute Gasteiger partial charge is 0.496 e. The summed E-state index contributed by atoms with van der Waals surface area (Å²) in [6.45, 7) is 2.51. The van der Waals surface area contributed by atoms with E-state index in [0.29, 0.717) is 33.8 Å². The predicted molar refractivity (Wildman–Crippen MR) is 131 cm³/mol. The number of hydrogen-bond donors (Lipinski definition) is 2. The number of ether oxygens (including phenoxy) is 2. The zero-order chi connectivity index (χ0) is 27.4. The van der Waals surface area contributed by atoms with E-state index in [1.165, 1.54) is 52.4 Å². The molecule has 0 aliphatic heterocycles. The Bertz CT molecular complexity index is 1210. The highest BCUT2D eigenvalue weighted by atomic mass is 16.5. The van der Waals surface area contributed by atoms with E-state index in [1.807, 2.05) is 12.1 Å². The second-order valence-corrected chi connectivity index (χ2v) is 7.09. The van der Waals surface area contributed by atoms with E-state index >= 15 is 0 Å². The number of primary amides is 2. The Morgan fingerprint density at radius 2 is 1.06 bits per heavy atom. The fourth-order valence-corrected chi connectivity index (χ4v) is 2.80. The van der Waals surface area contributed by atoms with Gasteiger partial charge in [0.05, 0.1) is 48.6 Å². The zero-order valence-corrected chi connectivity index (χ0v) is 20.1. The maximum Gasteiger partial charge on any atom is 0.252 e. The molecule has 10 heteroatoms. The summed E-state index contributed by atoms with van der Waals surface area (Å²) in [5, 5.41) is 17.5. The van der Waals surface area contributed by atoms with Crippen LogP contribution in [0.15, 0.2) is 47.5 Å². The van der Waals surface area contributed by atoms with E-state index in [9.17, 15) is 19.2 Å². The van der Waals surface area contributed by atoms with E-state index in [4.69, 9.17) is 31.5 Å². The number of hydrogen-bond acceptors (Lipinski definition) is 8. The van der Waals surface area contributed by atoms with Crippen LogP contribution in [0.4, 0.5) is 0 Å². The Hall–Kier alpha value is -5.22. The highest BCUT2D eigenvalue weighted by Crippen LogP contribution is 2.24. The summed E-state index contributed by atoms with van der Waals surface area (Å²) in [5.41, 5.74) is 11.9. The average molecular weight is 489 g/mol. The van der Waals surface area contributed by atoms with E-state index in [2.05, 4.69) is 0 Å². The van der Waals surface area contributed by atoms with Gasteiger partial charge in [0.1, 0.15) is 11.5 Å². The minimum atomic E-state index is -0.797. The van der Waals surface area contributed by atoms with Gasteiger partial charge in [-0.15, -0.1) is 0 Å². The van der Waals surface area contributed by atoms with Crippen molar-refractivity contribution in [2.75, 3.05) is 14.2 Å². The third-order valence-corrected chi connectivity index (χ3v) is 4.61. The number of nitrogens with zero attached hydrogens (tertiary/aromatic N) is 2. The van der Waals surface area contributed by atoms with Gasteiger partial charge in [-0.25, -0.2) is 0 Å². The topological polar surface area (TPSA) is 186 Å². The molecule has 36 heavy (non-hydrogen) atoms. The van der Waals surface area contributed by atoms with E-state index in [-0.39, 0.29) is 11.1 Å². The first kappa shape index (κ1) is 28.8. The lowest BCUT2D eigenvalue weighted by Crippen LogP contribution is -2.18. The summed E-state index contributed by atoms with van der Waals surface area (Å²) in [5.74, 6) is -1.64. The van der Waals surface area contributed by atoms with E-state index in [1.54, 1.807) is 24.3 Å². The second-order valence-electron chi connectivity index (χ2n) is 7.09. The Balaban J connectivity index is 0.000000360. The molecule has 184 valence electrons. The SMILES string of the molecule is COc1cc(C#N)ccc1/C=C(/C(C)=O)C(N)=O.COc1cc(C#N)ccc1/C=C(\C(C)=O)C(N)=O. The number of benzene rings is 2. The molecular formula is C26H24N4O6. The molecule has 0 saturated heterocycles. The lowest BCUT2D eigenvalue weighted by Gasteiger charge is -2.06. The Morgan fingerprint density at radius 3 is 1.28 bits per heavy atom. The van der Waals surface area contributed by atoms with Crippen molar-refractivity contribution in [3.8, 4) is 23.6 Å². The Labute approximate surface area is 208 Å². The van der Waals surface area contributed by atoms with Crippen LogP contribution in [-0.4, -0.2) is 37.6 Å². The van der Waals surface area contributed by atoms with Crippen molar-refractivity contribution in [1.29, 1.82) is 10.5 Å². The number of carbonyl (C=O) groups is 4. The monoisotopic (exact) mass is 488 g/mol. The molecule has 0 spiro atoms. The van der Waals surface area contributed by atoms with Gasteiger partial charge in [-0.1, -0.05) is 0 Å². The molecule has 0 aromatic heterocycles. The first-order valence-corrected chi connectivity index (χ1v) is 10.2. The number of ketones is 2. The maximum atomic E-state index is 11.3. The third kappa shape index (κ3) is 7.97. The van der Waals surface area contributed by atoms with Gasteiger partial charge in [0.25, 0.3) is 11.8 Å². The first-order chi connectivity index (χ1) is 17.0. The van der Waals surface area contributed by atoms with Crippen molar-refractivity contribution >= 4 is 35.5 Å². The lowest BCUT2D eigenvalue weighted by molar-refractivity contribution is -0.121. The third-order valence-electron chi connectivity index (χ3n) is 4.61. The number of Topliss-reactive ketones (excluding diaryl/α,β-unsaturated/α-hetero) is 2. The summed E-state index contributed by atoms with van der Waals surface area (Å²) in [6, 6.07) is 13.3. The summed E-state index contributed by atoms with van der Waals surface area (Å²) < 4.78 is 10.2. The van der Waals surface area contributed by atoms with Crippen LogP contribution in [0.5, 0.6) is 11.5 Å². The molecule has 4 N–H and O–H groups in total. The molecular weight excluding hydrogens is 464 g/mol. The molecule has 0 bridgehead atoms. The minimum Gasteiger partial charge on any atom is -0.496 e. The molecule has 2 amide bonds. The van der Waals surface area contributed by atoms with Crippen molar-refractivity contribution < 1.29 is 28.7 Å². The fraction of sp³-hybridized carbons (Fsp3) is 0.154. The highest BCUT2D eigenvalue weighted by Gasteiger charge is 2.13. The average Bonchev–Trinajstić information content (AvgIpc) is 2.85. The fourth-order valence-electron chi connectivity index (χ4n) is 2.80. The van der Waals surface area contributed by atoms with Crippen molar-refractivity contribution in [2.24, 2.45) is 11.5 Å². The van der Waals surface area contributed by atoms with Crippen LogP contribution in [0.3, 0.4) is 0 Å². The standard InChI is InChI=1S/2C13H12N2O3/c2*1-8(16)11(13(15)17)6-10-4-3-9(7-14)5-12(10)18-2/h2*3-6H,1-2H3,(H2,15,17)/b11-6+;11-6-. The van der Waals surface area contributed by atoms with Crippen LogP contribution in [0.1, 0.15) is 36.1 Å². The van der Waals surface area contributed by atoms with Crippen LogP contribution in [0, 0.1) is 22.7 Å². The number of amides is 2. The Kier molecular flexibility index (Phi) is 10.8. The molecule has 0 aliphatic rings. The normalized spacial score (nSPS) is 10.6. The molecule has 0 aliphatic carbocycles. The second kappa shape index (κ2) is 13.5. The highest BCUT2D eigenvalue weighted by molar-refractivity contribution is 6.21. The van der Waals surface area contributed by atoms with Gasteiger partial charge in [0.15, 0.2) is 11.6 Å². The molecule has 10 nitrogen and oxygen atoms in total. The van der Waals surface area contributed by atoms with Gasteiger partial charge < -0.3 is 20.9 Å². The van der Waals surface area contributed by atoms with Gasteiger partial charge in [-0.05, 0) is 62.4 Å². The molecule has 0 heterocycles. The number of rotatable bonds is 8.